The van der Waals surface area contributed by atoms with Gasteiger partial charge in [0.2, 0.25) is 12.2 Å². The summed E-state index contributed by atoms with van der Waals surface area (Å²) in [4.78, 5) is 48.6. The van der Waals surface area contributed by atoms with Crippen molar-refractivity contribution in [3.8, 4) is 6.19 Å². The summed E-state index contributed by atoms with van der Waals surface area (Å²) in [5.41, 5.74) is 0.838. The van der Waals surface area contributed by atoms with Crippen LogP contribution in [-0.4, -0.2) is 63.9 Å². The maximum atomic E-state index is 11.7. The fourth-order valence-electron chi connectivity index (χ4n) is 2.71. The molecule has 184 valence electrons. The minimum Gasteiger partial charge on any atom is -0.481 e. The van der Waals surface area contributed by atoms with Crippen molar-refractivity contribution < 1.29 is 39.2 Å². The van der Waals surface area contributed by atoms with E-state index in [0.29, 0.717) is 12.8 Å². The van der Waals surface area contributed by atoms with Crippen molar-refractivity contribution in [1.82, 2.24) is 16.0 Å². The Balaban J connectivity index is 2.47. The van der Waals surface area contributed by atoms with E-state index in [2.05, 4.69) is 20.9 Å². The van der Waals surface area contributed by atoms with E-state index in [1.165, 1.54) is 6.19 Å². The third-order valence-electron chi connectivity index (χ3n) is 4.43. The molecule has 0 aromatic heterocycles. The smallest absolute Gasteiger partial charge is 0.407 e. The van der Waals surface area contributed by atoms with Crippen molar-refractivity contribution in [1.29, 1.82) is 5.26 Å². The van der Waals surface area contributed by atoms with E-state index in [-0.39, 0.29) is 26.0 Å². The molecule has 1 amide bonds. The van der Waals surface area contributed by atoms with Crippen LogP contribution in [0, 0.1) is 11.5 Å². The van der Waals surface area contributed by atoms with Crippen molar-refractivity contribution in [2.75, 3.05) is 6.54 Å². The zero-order chi connectivity index (χ0) is 25.3. The number of alkyl carbamates (subject to hydrolysis) is 1. The maximum Gasteiger partial charge on any atom is 0.407 e. The lowest BCUT2D eigenvalue weighted by Gasteiger charge is -2.20. The van der Waals surface area contributed by atoms with Crippen LogP contribution in [0.5, 0.6) is 0 Å². The third kappa shape index (κ3) is 11.9. The molecular weight excluding hydrogens is 450 g/mol. The molecule has 0 aliphatic carbocycles. The van der Waals surface area contributed by atoms with Crippen molar-refractivity contribution in [2.24, 2.45) is 4.99 Å². The van der Waals surface area contributed by atoms with Gasteiger partial charge in [-0.2, -0.15) is 5.26 Å². The fraction of sp³-hybridized carbons (Fsp3) is 0.429. The number of carbonyl (C=O) groups is 4. The topological polar surface area (TPSA) is 210 Å². The number of carbonyl (C=O) groups excluding carboxylic acids is 1. The van der Waals surface area contributed by atoms with Crippen LogP contribution in [0.4, 0.5) is 4.79 Å². The standard InChI is InChI=1S/C21H27N5O8/c22-13-24-20(26-16(19(31)32)9-10-17(27)28)25-15(18(29)30)8-4-5-11-23-21(33)34-12-14-6-2-1-3-7-14/h1-3,6-7,15-16H,4-5,8-12H2,(H,23,33)(H,27,28)(H,29,30)(H,31,32)(H2,24,25,26). The first-order valence-corrected chi connectivity index (χ1v) is 10.3. The zero-order valence-corrected chi connectivity index (χ0v) is 18.3. The van der Waals surface area contributed by atoms with Gasteiger partial charge in [0, 0.05) is 13.0 Å². The normalized spacial score (nSPS) is 12.5. The molecule has 6 N–H and O–H groups in total. The minimum absolute atomic E-state index is 0.0784. The molecule has 1 aromatic rings. The zero-order valence-electron chi connectivity index (χ0n) is 18.3. The Bertz CT molecular complexity index is 900. The summed E-state index contributed by atoms with van der Waals surface area (Å²) in [5, 5.41) is 43.5. The fourth-order valence-corrected chi connectivity index (χ4v) is 2.71. The molecule has 2 unspecified atom stereocenters. The van der Waals surface area contributed by atoms with Crippen LogP contribution in [0.1, 0.15) is 37.7 Å². The lowest BCUT2D eigenvalue weighted by Crippen LogP contribution is -2.52. The number of guanidine groups is 1. The second kappa shape index (κ2) is 15.5. The van der Waals surface area contributed by atoms with Crippen molar-refractivity contribution in [2.45, 2.75) is 50.8 Å². The number of nitrogens with zero attached hydrogens (tertiary/aromatic N) is 2. The number of ether oxygens (including phenoxy) is 1. The number of aliphatic imine (C=N–C) groups is 1. The first kappa shape index (κ1) is 27.7. The van der Waals surface area contributed by atoms with Crippen molar-refractivity contribution >= 4 is 30.0 Å². The first-order chi connectivity index (χ1) is 16.2. The molecule has 1 aromatic carbocycles. The molecule has 0 fully saturated rings. The molecule has 13 heteroatoms. The van der Waals surface area contributed by atoms with E-state index in [1.54, 1.807) is 0 Å². The molecule has 2 atom stereocenters. The summed E-state index contributed by atoms with van der Waals surface area (Å²) in [5.74, 6) is -4.25. The Morgan fingerprint density at radius 1 is 0.971 bits per heavy atom. The number of amides is 1. The predicted molar refractivity (Wildman–Crippen MR) is 118 cm³/mol. The summed E-state index contributed by atoms with van der Waals surface area (Å²) in [6, 6.07) is 6.52. The molecule has 1 rings (SSSR count). The lowest BCUT2D eigenvalue weighted by atomic mass is 10.1. The summed E-state index contributed by atoms with van der Waals surface area (Å²) < 4.78 is 5.07. The van der Waals surface area contributed by atoms with Crippen LogP contribution in [0.3, 0.4) is 0 Å². The molecular formula is C21H27N5O8. The number of rotatable bonds is 14. The van der Waals surface area contributed by atoms with Crippen LogP contribution in [0.2, 0.25) is 0 Å². The SMILES string of the molecule is N#CN=C(NC(CCCCNC(=O)OCc1ccccc1)C(=O)O)NC(CCC(=O)O)C(=O)O. The summed E-state index contributed by atoms with van der Waals surface area (Å²) >= 11 is 0. The van der Waals surface area contributed by atoms with Gasteiger partial charge in [0.05, 0.1) is 0 Å². The largest absolute Gasteiger partial charge is 0.481 e. The summed E-state index contributed by atoms with van der Waals surface area (Å²) in [7, 11) is 0. The Morgan fingerprint density at radius 2 is 1.59 bits per heavy atom. The van der Waals surface area contributed by atoms with Gasteiger partial charge in [-0.05, 0) is 31.2 Å². The highest BCUT2D eigenvalue weighted by Crippen LogP contribution is 2.04. The van der Waals surface area contributed by atoms with E-state index < -0.39 is 48.5 Å². The van der Waals surface area contributed by atoms with Crippen LogP contribution in [0.15, 0.2) is 35.3 Å². The highest BCUT2D eigenvalue weighted by atomic mass is 16.5. The van der Waals surface area contributed by atoms with E-state index >= 15 is 0 Å². The highest BCUT2D eigenvalue weighted by Gasteiger charge is 2.24. The van der Waals surface area contributed by atoms with Gasteiger partial charge in [-0.1, -0.05) is 30.3 Å². The average Bonchev–Trinajstić information content (AvgIpc) is 2.79. The molecule has 0 saturated heterocycles. The van der Waals surface area contributed by atoms with Crippen molar-refractivity contribution in [3.63, 3.8) is 0 Å². The number of nitrogens with one attached hydrogen (secondary N) is 3. The molecule has 13 nitrogen and oxygen atoms in total. The highest BCUT2D eigenvalue weighted by molar-refractivity contribution is 5.89. The van der Waals surface area contributed by atoms with Gasteiger partial charge in [-0.25, -0.2) is 14.4 Å². The molecule has 0 bridgehead atoms. The molecule has 0 aliphatic rings. The van der Waals surface area contributed by atoms with E-state index in [4.69, 9.17) is 15.1 Å². The Morgan fingerprint density at radius 3 is 2.15 bits per heavy atom. The van der Waals surface area contributed by atoms with Gasteiger partial charge in [0.25, 0.3) is 0 Å². The van der Waals surface area contributed by atoms with E-state index in [9.17, 15) is 29.4 Å². The number of hydrogen-bond donors (Lipinski definition) is 6. The van der Waals surface area contributed by atoms with Crippen LogP contribution in [0.25, 0.3) is 0 Å². The first-order valence-electron chi connectivity index (χ1n) is 10.3. The average molecular weight is 477 g/mol. The number of aliphatic carboxylic acids is 3. The lowest BCUT2D eigenvalue weighted by molar-refractivity contribution is -0.140. The van der Waals surface area contributed by atoms with Crippen LogP contribution < -0.4 is 16.0 Å². The molecule has 34 heavy (non-hydrogen) atoms. The Kier molecular flexibility index (Phi) is 12.6. The molecule has 0 saturated carbocycles. The molecule has 0 spiro atoms. The Hall–Kier alpha value is -4.34. The number of carboxylic acids is 3. The quantitative estimate of drug-likeness (QED) is 0.0957. The number of hydrogen-bond acceptors (Lipinski definition) is 7. The van der Waals surface area contributed by atoms with Gasteiger partial charge in [0.15, 0.2) is 0 Å². The van der Waals surface area contributed by atoms with E-state index in [0.717, 1.165) is 5.56 Å². The second-order valence-electron chi connectivity index (χ2n) is 7.05. The number of nitriles is 1. The predicted octanol–water partition coefficient (Wildman–Crippen LogP) is 0.871. The third-order valence-corrected chi connectivity index (χ3v) is 4.43. The van der Waals surface area contributed by atoms with Crippen molar-refractivity contribution in [3.05, 3.63) is 35.9 Å². The number of unbranched alkanes of at least 4 members (excludes halogenated alkanes) is 1. The monoisotopic (exact) mass is 477 g/mol. The summed E-state index contributed by atoms with van der Waals surface area (Å²) in [6.07, 6.45) is 0.945. The Labute approximate surface area is 195 Å². The molecule has 0 heterocycles. The van der Waals surface area contributed by atoms with Gasteiger partial charge in [-0.3, -0.25) is 4.79 Å². The minimum atomic E-state index is -1.39. The van der Waals surface area contributed by atoms with Crippen LogP contribution >= 0.6 is 0 Å². The van der Waals surface area contributed by atoms with Crippen LogP contribution in [-0.2, 0) is 25.7 Å². The molecule has 0 aliphatic heterocycles. The molecule has 0 radical (unpaired) electrons. The number of benzene rings is 1. The van der Waals surface area contributed by atoms with Gasteiger partial charge in [-0.15, -0.1) is 4.99 Å². The maximum absolute atomic E-state index is 11.7. The number of carboxylic acid groups (broad SMARTS) is 3. The van der Waals surface area contributed by atoms with Gasteiger partial charge >= 0.3 is 24.0 Å². The second-order valence-corrected chi connectivity index (χ2v) is 7.05. The van der Waals surface area contributed by atoms with Gasteiger partial charge in [0.1, 0.15) is 18.7 Å². The van der Waals surface area contributed by atoms with E-state index in [1.807, 2.05) is 30.3 Å². The summed E-state index contributed by atoms with van der Waals surface area (Å²) in [6.45, 7) is 0.364. The van der Waals surface area contributed by atoms with Gasteiger partial charge < -0.3 is 36.0 Å².